The van der Waals surface area contributed by atoms with Gasteiger partial charge in [0.2, 0.25) is 0 Å². The van der Waals surface area contributed by atoms with Crippen LogP contribution in [0.5, 0.6) is 11.5 Å². The molecule has 0 unspecified atom stereocenters. The molecule has 1 fully saturated rings. The van der Waals surface area contributed by atoms with Gasteiger partial charge in [-0.3, -0.25) is 19.7 Å². The van der Waals surface area contributed by atoms with Crippen molar-refractivity contribution in [2.75, 3.05) is 23.4 Å². The van der Waals surface area contributed by atoms with Gasteiger partial charge in [0.25, 0.3) is 17.7 Å². The summed E-state index contributed by atoms with van der Waals surface area (Å²) in [5.41, 5.74) is 0.834. The fraction of sp³-hybridized carbons (Fsp3) is 0.111. The van der Waals surface area contributed by atoms with Gasteiger partial charge in [0, 0.05) is 5.69 Å². The van der Waals surface area contributed by atoms with Crippen LogP contribution in [0.4, 0.5) is 16.2 Å². The highest BCUT2D eigenvalue weighted by Crippen LogP contribution is 2.29. The van der Waals surface area contributed by atoms with E-state index >= 15 is 0 Å². The number of halogens is 3. The van der Waals surface area contributed by atoms with Gasteiger partial charge in [-0.1, -0.05) is 40.9 Å². The number of rotatable bonds is 8. The van der Waals surface area contributed by atoms with Gasteiger partial charge in [-0.25, -0.2) is 9.69 Å². The number of amides is 5. The van der Waals surface area contributed by atoms with Crippen molar-refractivity contribution in [3.63, 3.8) is 0 Å². The summed E-state index contributed by atoms with van der Waals surface area (Å²) in [6.45, 7) is 1.95. The topological polar surface area (TPSA) is 114 Å². The summed E-state index contributed by atoms with van der Waals surface area (Å²) in [7, 11) is 0. The maximum absolute atomic E-state index is 13.1. The third-order valence-corrected chi connectivity index (χ3v) is 6.37. The van der Waals surface area contributed by atoms with E-state index in [-0.39, 0.29) is 28.6 Å². The van der Waals surface area contributed by atoms with Gasteiger partial charge in [0.15, 0.2) is 6.61 Å². The number of hydrogen-bond acceptors (Lipinski definition) is 6. The van der Waals surface area contributed by atoms with Crippen molar-refractivity contribution in [1.82, 2.24) is 5.32 Å². The maximum Gasteiger partial charge on any atom is 0.335 e. The van der Waals surface area contributed by atoms with Crippen LogP contribution < -0.4 is 25.0 Å². The van der Waals surface area contributed by atoms with Gasteiger partial charge < -0.3 is 14.8 Å². The molecule has 3 aromatic rings. The van der Waals surface area contributed by atoms with Gasteiger partial charge >= 0.3 is 6.03 Å². The first-order valence-electron chi connectivity index (χ1n) is 11.5. The van der Waals surface area contributed by atoms with Crippen molar-refractivity contribution in [2.24, 2.45) is 0 Å². The van der Waals surface area contributed by atoms with Crippen LogP contribution in [-0.4, -0.2) is 37.0 Å². The second-order valence-corrected chi connectivity index (χ2v) is 9.26. The summed E-state index contributed by atoms with van der Waals surface area (Å²) in [6.07, 6.45) is 1.30. The third-order valence-electron chi connectivity index (χ3n) is 5.34. The lowest BCUT2D eigenvalue weighted by Gasteiger charge is -2.26. The Kier molecular flexibility index (Phi) is 8.75. The monoisotopic (exact) mass is 587 g/mol. The Morgan fingerprint density at radius 2 is 1.67 bits per heavy atom. The summed E-state index contributed by atoms with van der Waals surface area (Å²) in [4.78, 5) is 51.1. The van der Waals surface area contributed by atoms with Crippen LogP contribution in [0.1, 0.15) is 12.5 Å². The minimum atomic E-state index is -0.868. The van der Waals surface area contributed by atoms with E-state index in [1.807, 2.05) is 6.92 Å². The number of carbonyl (C=O) groups excluding carboxylic acids is 4. The zero-order valence-corrected chi connectivity index (χ0v) is 22.6. The maximum atomic E-state index is 13.1. The highest BCUT2D eigenvalue weighted by Gasteiger charge is 2.36. The van der Waals surface area contributed by atoms with Gasteiger partial charge in [-0.15, -0.1) is 0 Å². The first kappa shape index (κ1) is 28.0. The highest BCUT2D eigenvalue weighted by molar-refractivity contribution is 6.42. The van der Waals surface area contributed by atoms with E-state index in [1.54, 1.807) is 30.3 Å². The van der Waals surface area contributed by atoms with Crippen molar-refractivity contribution in [3.8, 4) is 11.5 Å². The number of hydrogen-bond donors (Lipinski definition) is 2. The minimum Gasteiger partial charge on any atom is -0.494 e. The Morgan fingerprint density at radius 1 is 0.923 bits per heavy atom. The molecule has 2 N–H and O–H groups in total. The van der Waals surface area contributed by atoms with Crippen molar-refractivity contribution < 1.29 is 28.7 Å². The normalized spacial score (nSPS) is 14.3. The van der Waals surface area contributed by atoms with Crippen molar-refractivity contribution in [1.29, 1.82) is 0 Å². The number of carbonyl (C=O) groups is 4. The van der Waals surface area contributed by atoms with Gasteiger partial charge in [-0.2, -0.15) is 0 Å². The summed E-state index contributed by atoms with van der Waals surface area (Å²) in [5.74, 6) is -1.33. The van der Waals surface area contributed by atoms with Crippen molar-refractivity contribution >= 4 is 76.0 Å². The SMILES string of the molecule is CCOc1ccc(N2C(=O)NC(=O)/C(=C\c3ccc(OCC(=O)Nc4ccc(Cl)c(Cl)c4)c(Cl)c3)C2=O)cc1. The largest absolute Gasteiger partial charge is 0.494 e. The first-order valence-corrected chi connectivity index (χ1v) is 12.6. The predicted molar refractivity (Wildman–Crippen MR) is 149 cm³/mol. The molecule has 1 saturated heterocycles. The van der Waals surface area contributed by atoms with Crippen LogP contribution in [-0.2, 0) is 14.4 Å². The van der Waals surface area contributed by atoms with E-state index in [4.69, 9.17) is 44.3 Å². The molecule has 0 aromatic heterocycles. The van der Waals surface area contributed by atoms with Crippen LogP contribution >= 0.6 is 34.8 Å². The van der Waals surface area contributed by atoms with E-state index in [9.17, 15) is 19.2 Å². The summed E-state index contributed by atoms with van der Waals surface area (Å²) in [5, 5.41) is 5.57. The van der Waals surface area contributed by atoms with Gasteiger partial charge in [-0.05, 0) is 73.2 Å². The fourth-order valence-corrected chi connectivity index (χ4v) is 4.10. The zero-order valence-electron chi connectivity index (χ0n) is 20.3. The second kappa shape index (κ2) is 12.2. The summed E-state index contributed by atoms with van der Waals surface area (Å²) >= 11 is 18.1. The lowest BCUT2D eigenvalue weighted by molar-refractivity contribution is -0.122. The molecule has 39 heavy (non-hydrogen) atoms. The Labute approximate surface area is 238 Å². The molecule has 1 aliphatic heterocycles. The molecule has 0 atom stereocenters. The number of nitrogens with one attached hydrogen (secondary N) is 2. The number of benzene rings is 3. The molecular formula is C27H20Cl3N3O6. The van der Waals surface area contributed by atoms with Crippen LogP contribution in [0.15, 0.2) is 66.2 Å². The molecule has 0 saturated carbocycles. The Balaban J connectivity index is 1.46. The molecule has 1 heterocycles. The molecule has 1 aliphatic rings. The van der Waals surface area contributed by atoms with Crippen molar-refractivity contribution in [3.05, 3.63) is 86.9 Å². The quantitative estimate of drug-likeness (QED) is 0.257. The molecule has 200 valence electrons. The molecule has 0 aliphatic carbocycles. The van der Waals surface area contributed by atoms with Crippen LogP contribution in [0, 0.1) is 0 Å². The lowest BCUT2D eigenvalue weighted by Crippen LogP contribution is -2.54. The number of nitrogens with zero attached hydrogens (tertiary/aromatic N) is 1. The molecule has 0 spiro atoms. The molecule has 12 heteroatoms. The van der Waals surface area contributed by atoms with Gasteiger partial charge in [0.05, 0.1) is 27.4 Å². The Hall–Kier alpha value is -4.05. The fourth-order valence-electron chi connectivity index (χ4n) is 3.55. The lowest BCUT2D eigenvalue weighted by atomic mass is 10.1. The zero-order chi connectivity index (χ0) is 28.1. The molecule has 0 radical (unpaired) electrons. The predicted octanol–water partition coefficient (Wildman–Crippen LogP) is 5.73. The standard InChI is InChI=1S/C27H20Cl3N3O6/c1-2-38-18-7-5-17(6-8-18)33-26(36)19(25(35)32-27(33)37)11-15-3-10-23(22(30)12-15)39-14-24(34)31-16-4-9-20(28)21(29)13-16/h3-13H,2,14H2,1H3,(H,31,34)(H,32,35,37)/b19-11+. The smallest absolute Gasteiger partial charge is 0.335 e. The van der Waals surface area contributed by atoms with Crippen LogP contribution in [0.2, 0.25) is 15.1 Å². The summed E-state index contributed by atoms with van der Waals surface area (Å²) in [6, 6.07) is 14.6. The van der Waals surface area contributed by atoms with E-state index in [0.29, 0.717) is 33.7 Å². The van der Waals surface area contributed by atoms with E-state index in [2.05, 4.69) is 10.6 Å². The van der Waals surface area contributed by atoms with E-state index in [1.165, 1.54) is 36.4 Å². The minimum absolute atomic E-state index is 0.134. The molecule has 5 amide bonds. The molecular weight excluding hydrogens is 569 g/mol. The molecule has 0 bridgehead atoms. The van der Waals surface area contributed by atoms with Gasteiger partial charge in [0.1, 0.15) is 17.1 Å². The number of anilines is 2. The van der Waals surface area contributed by atoms with E-state index < -0.39 is 23.8 Å². The average Bonchev–Trinajstić information content (AvgIpc) is 2.89. The molecule has 9 nitrogen and oxygen atoms in total. The first-order chi connectivity index (χ1) is 18.7. The number of urea groups is 1. The van der Waals surface area contributed by atoms with Crippen molar-refractivity contribution in [2.45, 2.75) is 6.92 Å². The number of imide groups is 2. The Morgan fingerprint density at radius 3 is 2.33 bits per heavy atom. The second-order valence-electron chi connectivity index (χ2n) is 8.04. The Bertz CT molecular complexity index is 1490. The molecule has 4 rings (SSSR count). The highest BCUT2D eigenvalue weighted by atomic mass is 35.5. The number of barbiturate groups is 1. The third kappa shape index (κ3) is 6.69. The van der Waals surface area contributed by atoms with Crippen LogP contribution in [0.25, 0.3) is 6.08 Å². The van der Waals surface area contributed by atoms with Crippen LogP contribution in [0.3, 0.4) is 0 Å². The molecule has 3 aromatic carbocycles. The number of ether oxygens (including phenoxy) is 2. The average molecular weight is 589 g/mol. The van der Waals surface area contributed by atoms with E-state index in [0.717, 1.165) is 4.90 Å². The summed E-state index contributed by atoms with van der Waals surface area (Å²) < 4.78 is 10.9.